The molecule has 0 unspecified atom stereocenters. The second-order valence-electron chi connectivity index (χ2n) is 7.16. The van der Waals surface area contributed by atoms with E-state index in [-0.39, 0.29) is 11.7 Å². The second-order valence-corrected chi connectivity index (χ2v) is 9.02. The van der Waals surface area contributed by atoms with Crippen LogP contribution < -0.4 is 4.74 Å². The van der Waals surface area contributed by atoms with Gasteiger partial charge in [0, 0.05) is 41.1 Å². The third kappa shape index (κ3) is 2.94. The van der Waals surface area contributed by atoms with Crippen LogP contribution in [0.25, 0.3) is 0 Å². The Hall–Kier alpha value is -2.71. The number of fused-ring (bicyclic) bond motifs is 3. The number of halogens is 1. The van der Waals surface area contributed by atoms with E-state index in [4.69, 9.17) is 9.84 Å². The van der Waals surface area contributed by atoms with Crippen LogP contribution in [0.1, 0.15) is 35.4 Å². The van der Waals surface area contributed by atoms with Gasteiger partial charge in [0.05, 0.1) is 21.6 Å². The molecule has 146 valence electrons. The first-order chi connectivity index (χ1) is 14.0. The van der Waals surface area contributed by atoms with E-state index in [9.17, 15) is 10.1 Å². The Morgan fingerprint density at radius 3 is 2.76 bits per heavy atom. The summed E-state index contributed by atoms with van der Waals surface area (Å²) in [6, 6.07) is 16.6. The van der Waals surface area contributed by atoms with Gasteiger partial charge in [-0.25, -0.2) is 5.01 Å². The summed E-state index contributed by atoms with van der Waals surface area (Å²) in [5, 5.41) is 20.1. The molecular formula is C21H16BrN3O3S. The van der Waals surface area contributed by atoms with Gasteiger partial charge in [0.2, 0.25) is 5.72 Å². The van der Waals surface area contributed by atoms with Crippen LogP contribution in [0.3, 0.4) is 0 Å². The SMILES string of the molecule is C[C@@]1(c2ccc([N+](=O)[O-])cc2)Oc2ccc(Br)cc2[C@@H]2CC(c3cccs3)=NN21. The molecule has 2 aliphatic rings. The summed E-state index contributed by atoms with van der Waals surface area (Å²) in [6.45, 7) is 1.97. The zero-order chi connectivity index (χ0) is 20.2. The Balaban J connectivity index is 1.64. The maximum Gasteiger partial charge on any atom is 0.269 e. The topological polar surface area (TPSA) is 68.0 Å². The smallest absolute Gasteiger partial charge is 0.269 e. The number of hydrogen-bond donors (Lipinski definition) is 0. The highest BCUT2D eigenvalue weighted by atomic mass is 79.9. The molecule has 3 aromatic rings. The average Bonchev–Trinajstić information content (AvgIpc) is 3.39. The molecule has 0 saturated heterocycles. The molecule has 0 aliphatic carbocycles. The van der Waals surface area contributed by atoms with Crippen LogP contribution in [0.2, 0.25) is 0 Å². The number of hydrazone groups is 1. The Morgan fingerprint density at radius 2 is 2.07 bits per heavy atom. The number of benzene rings is 2. The summed E-state index contributed by atoms with van der Waals surface area (Å²) in [5.74, 6) is 0.804. The fraction of sp³-hybridized carbons (Fsp3) is 0.190. The first-order valence-electron chi connectivity index (χ1n) is 9.10. The first-order valence-corrected chi connectivity index (χ1v) is 10.8. The molecule has 2 atom stereocenters. The first kappa shape index (κ1) is 18.3. The number of non-ortho nitro benzene ring substituents is 1. The number of hydrogen-bond acceptors (Lipinski definition) is 6. The molecule has 0 fully saturated rings. The van der Waals surface area contributed by atoms with Gasteiger partial charge in [0.25, 0.3) is 5.69 Å². The van der Waals surface area contributed by atoms with E-state index < -0.39 is 10.6 Å². The maximum absolute atomic E-state index is 11.1. The van der Waals surface area contributed by atoms with Crippen molar-refractivity contribution in [2.75, 3.05) is 0 Å². The number of nitrogens with zero attached hydrogens (tertiary/aromatic N) is 3. The van der Waals surface area contributed by atoms with Gasteiger partial charge in [0.15, 0.2) is 0 Å². The molecular weight excluding hydrogens is 454 g/mol. The van der Waals surface area contributed by atoms with Crippen molar-refractivity contribution < 1.29 is 9.66 Å². The van der Waals surface area contributed by atoms with Gasteiger partial charge in [-0.1, -0.05) is 22.0 Å². The van der Waals surface area contributed by atoms with Gasteiger partial charge < -0.3 is 4.74 Å². The van der Waals surface area contributed by atoms with Crippen molar-refractivity contribution in [2.45, 2.75) is 25.1 Å². The van der Waals surface area contributed by atoms with E-state index in [0.717, 1.165) is 38.4 Å². The van der Waals surface area contributed by atoms with Crippen LogP contribution in [0, 0.1) is 10.1 Å². The molecule has 3 heterocycles. The number of thiophene rings is 1. The lowest BCUT2D eigenvalue weighted by molar-refractivity contribution is -0.384. The fourth-order valence-corrected chi connectivity index (χ4v) is 5.05. The Labute approximate surface area is 179 Å². The zero-order valence-electron chi connectivity index (χ0n) is 15.4. The Bertz CT molecular complexity index is 1130. The van der Waals surface area contributed by atoms with E-state index in [1.54, 1.807) is 23.5 Å². The van der Waals surface area contributed by atoms with Crippen molar-refractivity contribution in [3.05, 3.63) is 90.6 Å². The highest BCUT2D eigenvalue weighted by molar-refractivity contribution is 9.10. The minimum Gasteiger partial charge on any atom is -0.462 e. The highest BCUT2D eigenvalue weighted by Crippen LogP contribution is 2.51. The summed E-state index contributed by atoms with van der Waals surface area (Å²) in [4.78, 5) is 11.8. The van der Waals surface area contributed by atoms with E-state index in [1.807, 2.05) is 35.5 Å². The van der Waals surface area contributed by atoms with Crippen LogP contribution in [0.4, 0.5) is 5.69 Å². The lowest BCUT2D eigenvalue weighted by Crippen LogP contribution is -2.48. The normalized spacial score (nSPS) is 22.5. The molecule has 5 rings (SSSR count). The molecule has 2 aromatic carbocycles. The minimum atomic E-state index is -0.875. The lowest BCUT2D eigenvalue weighted by Gasteiger charge is -2.46. The molecule has 1 aromatic heterocycles. The lowest BCUT2D eigenvalue weighted by atomic mass is 9.93. The van der Waals surface area contributed by atoms with Gasteiger partial charge in [-0.05, 0) is 41.8 Å². The summed E-state index contributed by atoms with van der Waals surface area (Å²) in [7, 11) is 0. The molecule has 2 aliphatic heterocycles. The number of nitro benzene ring substituents is 1. The summed E-state index contributed by atoms with van der Waals surface area (Å²) in [6.07, 6.45) is 0.774. The van der Waals surface area contributed by atoms with Gasteiger partial charge in [-0.3, -0.25) is 10.1 Å². The van der Waals surface area contributed by atoms with Crippen molar-refractivity contribution in [2.24, 2.45) is 5.10 Å². The Kier molecular flexibility index (Phi) is 4.22. The highest BCUT2D eigenvalue weighted by Gasteiger charge is 2.49. The van der Waals surface area contributed by atoms with Gasteiger partial charge in [-0.2, -0.15) is 5.10 Å². The minimum absolute atomic E-state index is 0.0218. The molecule has 6 nitrogen and oxygen atoms in total. The molecule has 0 spiro atoms. The van der Waals surface area contributed by atoms with Crippen LogP contribution >= 0.6 is 27.3 Å². The average molecular weight is 470 g/mol. The molecule has 29 heavy (non-hydrogen) atoms. The predicted molar refractivity (Wildman–Crippen MR) is 115 cm³/mol. The molecule has 0 saturated carbocycles. The van der Waals surface area contributed by atoms with Crippen molar-refractivity contribution >= 4 is 38.7 Å². The van der Waals surface area contributed by atoms with Crippen LogP contribution in [-0.4, -0.2) is 15.6 Å². The van der Waals surface area contributed by atoms with Crippen molar-refractivity contribution in [3.8, 4) is 5.75 Å². The monoisotopic (exact) mass is 469 g/mol. The summed E-state index contributed by atoms with van der Waals surface area (Å²) in [5.41, 5.74) is 2.10. The van der Waals surface area contributed by atoms with E-state index in [1.165, 1.54) is 12.1 Å². The maximum atomic E-state index is 11.1. The van der Waals surface area contributed by atoms with Crippen molar-refractivity contribution in [1.82, 2.24) is 5.01 Å². The Morgan fingerprint density at radius 1 is 1.28 bits per heavy atom. The predicted octanol–water partition coefficient (Wildman–Crippen LogP) is 5.84. The largest absolute Gasteiger partial charge is 0.462 e. The second kappa shape index (κ2) is 6.67. The summed E-state index contributed by atoms with van der Waals surface area (Å²) >= 11 is 5.23. The fourth-order valence-electron chi connectivity index (χ4n) is 3.95. The number of nitro groups is 1. The third-order valence-corrected chi connectivity index (χ3v) is 6.82. The van der Waals surface area contributed by atoms with Gasteiger partial charge >= 0.3 is 0 Å². The number of ether oxygens (including phenoxy) is 1. The van der Waals surface area contributed by atoms with E-state index in [0.29, 0.717) is 0 Å². The quantitative estimate of drug-likeness (QED) is 0.357. The van der Waals surface area contributed by atoms with Crippen LogP contribution in [0.5, 0.6) is 5.75 Å². The summed E-state index contributed by atoms with van der Waals surface area (Å²) < 4.78 is 7.46. The van der Waals surface area contributed by atoms with Gasteiger partial charge in [-0.15, -0.1) is 11.3 Å². The van der Waals surface area contributed by atoms with Gasteiger partial charge in [0.1, 0.15) is 5.75 Å². The van der Waals surface area contributed by atoms with Crippen molar-refractivity contribution in [3.63, 3.8) is 0 Å². The molecule has 0 amide bonds. The van der Waals surface area contributed by atoms with Crippen molar-refractivity contribution in [1.29, 1.82) is 0 Å². The molecule has 8 heteroatoms. The number of rotatable bonds is 3. The van der Waals surface area contributed by atoms with Crippen LogP contribution in [0.15, 0.2) is 69.6 Å². The van der Waals surface area contributed by atoms with E-state index in [2.05, 4.69) is 28.1 Å². The third-order valence-electron chi connectivity index (χ3n) is 5.41. The molecule has 0 N–H and O–H groups in total. The standard InChI is InChI=1S/C21H16BrN3O3S/c1-21(13-4-7-15(8-5-13)25(26)27)24-18(12-17(23-24)20-3-2-10-29-20)16-11-14(22)6-9-19(16)28-21/h2-11,18H,12H2,1H3/t18-,21-/m0/s1. The van der Waals surface area contributed by atoms with Crippen LogP contribution in [-0.2, 0) is 5.72 Å². The van der Waals surface area contributed by atoms with E-state index >= 15 is 0 Å². The zero-order valence-corrected chi connectivity index (χ0v) is 17.8. The molecule has 0 radical (unpaired) electrons. The molecule has 0 bridgehead atoms.